The number of fused-ring (bicyclic) bond motifs is 3. The predicted octanol–water partition coefficient (Wildman–Crippen LogP) is 5.41. The summed E-state index contributed by atoms with van der Waals surface area (Å²) in [5.74, 6) is -1.30. The minimum absolute atomic E-state index is 0.000861. The number of piperidine rings is 2. The average molecular weight is 505 g/mol. The topological polar surface area (TPSA) is 42.4 Å². The Bertz CT molecular complexity index is 969. The van der Waals surface area contributed by atoms with Crippen LogP contribution in [0.15, 0.2) is 41.0 Å². The van der Waals surface area contributed by atoms with Gasteiger partial charge in [-0.05, 0) is 59.3 Å². The van der Waals surface area contributed by atoms with Gasteiger partial charge in [0.1, 0.15) is 18.6 Å². The molecule has 2 aromatic rings. The Morgan fingerprint density at radius 1 is 1.23 bits per heavy atom. The SMILES string of the molecule is O=C(c1cccc(F)c1Br)N1[C@H](CF)[C@@H]2CC[C@H]1[C@H](Oc1ccc(C(F)(F)F)cn1)C2. The van der Waals surface area contributed by atoms with Crippen molar-refractivity contribution in [2.75, 3.05) is 6.67 Å². The average Bonchev–Trinajstić information content (AvgIpc) is 2.75. The fourth-order valence-corrected chi connectivity index (χ4v) is 4.93. The second kappa shape index (κ2) is 8.37. The molecule has 2 bridgehead atoms. The first-order valence-corrected chi connectivity index (χ1v) is 10.5. The van der Waals surface area contributed by atoms with Crippen LogP contribution in [0.4, 0.5) is 22.0 Å². The second-order valence-electron chi connectivity index (χ2n) is 7.72. The molecule has 1 saturated carbocycles. The van der Waals surface area contributed by atoms with Gasteiger partial charge in [-0.3, -0.25) is 4.79 Å². The molecule has 1 aliphatic carbocycles. The number of nitrogens with zero attached hydrogens (tertiary/aromatic N) is 2. The molecular weight excluding hydrogens is 487 g/mol. The number of amides is 1. The van der Waals surface area contributed by atoms with Gasteiger partial charge in [-0.25, -0.2) is 13.8 Å². The third-order valence-corrected chi connectivity index (χ3v) is 6.77. The first-order valence-electron chi connectivity index (χ1n) is 9.73. The van der Waals surface area contributed by atoms with Crippen molar-refractivity contribution in [1.29, 1.82) is 0 Å². The van der Waals surface area contributed by atoms with Gasteiger partial charge in [-0.15, -0.1) is 0 Å². The normalized spacial score (nSPS) is 25.5. The summed E-state index contributed by atoms with van der Waals surface area (Å²) in [4.78, 5) is 18.4. The second-order valence-corrected chi connectivity index (χ2v) is 8.51. The van der Waals surface area contributed by atoms with Gasteiger partial charge < -0.3 is 9.64 Å². The Balaban J connectivity index is 1.59. The van der Waals surface area contributed by atoms with Crippen LogP contribution in [0.2, 0.25) is 0 Å². The number of pyridine rings is 1. The molecule has 3 heterocycles. The third-order valence-electron chi connectivity index (χ3n) is 5.97. The summed E-state index contributed by atoms with van der Waals surface area (Å²) in [6.45, 7) is -0.745. The van der Waals surface area contributed by atoms with Crippen molar-refractivity contribution < 1.29 is 31.5 Å². The molecule has 166 valence electrons. The van der Waals surface area contributed by atoms with Gasteiger partial charge >= 0.3 is 6.18 Å². The van der Waals surface area contributed by atoms with Crippen LogP contribution in [0.3, 0.4) is 0 Å². The summed E-state index contributed by atoms with van der Waals surface area (Å²) < 4.78 is 72.0. The fourth-order valence-electron chi connectivity index (χ4n) is 4.49. The number of carbonyl (C=O) groups is 1. The number of hydrogen-bond donors (Lipinski definition) is 0. The molecule has 0 radical (unpaired) electrons. The van der Waals surface area contributed by atoms with E-state index in [1.807, 2.05) is 0 Å². The molecule has 2 saturated heterocycles. The third kappa shape index (κ3) is 4.14. The Hall–Kier alpha value is -2.23. The van der Waals surface area contributed by atoms with E-state index in [2.05, 4.69) is 20.9 Å². The Labute approximate surface area is 183 Å². The summed E-state index contributed by atoms with van der Waals surface area (Å²) in [5.41, 5.74) is -0.812. The van der Waals surface area contributed by atoms with Crippen LogP contribution < -0.4 is 4.74 Å². The molecule has 4 atom stereocenters. The first-order chi connectivity index (χ1) is 14.7. The van der Waals surface area contributed by atoms with E-state index < -0.39 is 48.3 Å². The molecule has 4 nitrogen and oxygen atoms in total. The van der Waals surface area contributed by atoms with E-state index >= 15 is 0 Å². The zero-order valence-corrected chi connectivity index (χ0v) is 17.7. The molecule has 5 rings (SSSR count). The van der Waals surface area contributed by atoms with E-state index in [1.165, 1.54) is 23.1 Å². The molecule has 0 N–H and O–H groups in total. The van der Waals surface area contributed by atoms with Crippen molar-refractivity contribution in [3.8, 4) is 5.88 Å². The maximum absolute atomic E-state index is 13.9. The van der Waals surface area contributed by atoms with Gasteiger partial charge in [0, 0.05) is 12.3 Å². The van der Waals surface area contributed by atoms with E-state index in [1.54, 1.807) is 0 Å². The minimum atomic E-state index is -4.51. The predicted molar refractivity (Wildman–Crippen MR) is 105 cm³/mol. The smallest absolute Gasteiger partial charge is 0.417 e. The molecule has 1 amide bonds. The molecule has 3 fully saturated rings. The highest BCUT2D eigenvalue weighted by atomic mass is 79.9. The summed E-state index contributed by atoms with van der Waals surface area (Å²) >= 11 is 3.08. The van der Waals surface area contributed by atoms with Crippen LogP contribution in [0.5, 0.6) is 5.88 Å². The molecule has 3 aliphatic rings. The quantitative estimate of drug-likeness (QED) is 0.522. The van der Waals surface area contributed by atoms with Gasteiger partial charge in [0.05, 0.1) is 27.7 Å². The van der Waals surface area contributed by atoms with Gasteiger partial charge in [0.2, 0.25) is 5.88 Å². The van der Waals surface area contributed by atoms with Crippen molar-refractivity contribution in [3.63, 3.8) is 0 Å². The number of hydrogen-bond acceptors (Lipinski definition) is 3. The highest BCUT2D eigenvalue weighted by molar-refractivity contribution is 9.10. The summed E-state index contributed by atoms with van der Waals surface area (Å²) in [6.07, 6.45) is -2.67. The maximum Gasteiger partial charge on any atom is 0.417 e. The van der Waals surface area contributed by atoms with Crippen molar-refractivity contribution in [2.24, 2.45) is 5.92 Å². The lowest BCUT2D eigenvalue weighted by atomic mass is 9.73. The number of benzene rings is 1. The molecule has 31 heavy (non-hydrogen) atoms. The molecular formula is C21H18BrF5N2O2. The molecule has 10 heteroatoms. The van der Waals surface area contributed by atoms with Gasteiger partial charge in [-0.2, -0.15) is 13.2 Å². The van der Waals surface area contributed by atoms with Crippen molar-refractivity contribution >= 4 is 21.8 Å². The van der Waals surface area contributed by atoms with Crippen LogP contribution in [0, 0.1) is 11.7 Å². The number of alkyl halides is 4. The van der Waals surface area contributed by atoms with Crippen LogP contribution >= 0.6 is 15.9 Å². The van der Waals surface area contributed by atoms with E-state index in [0.29, 0.717) is 25.5 Å². The van der Waals surface area contributed by atoms with Gasteiger partial charge in [0.25, 0.3) is 5.91 Å². The zero-order chi connectivity index (χ0) is 22.3. The fraction of sp³-hybridized carbons (Fsp3) is 0.429. The maximum atomic E-state index is 13.9. The Kier molecular flexibility index (Phi) is 5.93. The Morgan fingerprint density at radius 3 is 2.65 bits per heavy atom. The molecule has 1 aromatic heterocycles. The van der Waals surface area contributed by atoms with Crippen LogP contribution in [0.25, 0.3) is 0 Å². The molecule has 1 aromatic carbocycles. The minimum Gasteiger partial charge on any atom is -0.472 e. The van der Waals surface area contributed by atoms with Gasteiger partial charge in [0.15, 0.2) is 0 Å². The number of ether oxygens (including phenoxy) is 1. The summed E-state index contributed by atoms with van der Waals surface area (Å²) in [7, 11) is 0. The lowest BCUT2D eigenvalue weighted by Gasteiger charge is -2.53. The Morgan fingerprint density at radius 2 is 2.00 bits per heavy atom. The van der Waals surface area contributed by atoms with E-state index in [0.717, 1.165) is 12.1 Å². The molecule has 2 aliphatic heterocycles. The molecule has 0 spiro atoms. The summed E-state index contributed by atoms with van der Waals surface area (Å²) in [5, 5.41) is 0. The van der Waals surface area contributed by atoms with Crippen LogP contribution in [-0.2, 0) is 6.18 Å². The molecule has 0 unspecified atom stereocenters. The van der Waals surface area contributed by atoms with E-state index in [-0.39, 0.29) is 21.8 Å². The number of carbonyl (C=O) groups excluding carboxylic acids is 1. The first kappa shape index (κ1) is 22.0. The van der Waals surface area contributed by atoms with Crippen molar-refractivity contribution in [1.82, 2.24) is 9.88 Å². The lowest BCUT2D eigenvalue weighted by Crippen LogP contribution is -2.64. The lowest BCUT2D eigenvalue weighted by molar-refractivity contribution is -0.137. The highest BCUT2D eigenvalue weighted by Crippen LogP contribution is 2.43. The largest absolute Gasteiger partial charge is 0.472 e. The van der Waals surface area contributed by atoms with Crippen LogP contribution in [-0.4, -0.2) is 40.7 Å². The van der Waals surface area contributed by atoms with E-state index in [9.17, 15) is 26.7 Å². The van der Waals surface area contributed by atoms with E-state index in [4.69, 9.17) is 4.74 Å². The number of rotatable bonds is 4. The van der Waals surface area contributed by atoms with Gasteiger partial charge in [-0.1, -0.05) is 6.07 Å². The number of halogens is 6. The zero-order valence-electron chi connectivity index (χ0n) is 16.1. The number of aromatic nitrogens is 1. The van der Waals surface area contributed by atoms with Crippen molar-refractivity contribution in [2.45, 2.75) is 43.6 Å². The van der Waals surface area contributed by atoms with Crippen molar-refractivity contribution in [3.05, 3.63) is 57.9 Å². The summed E-state index contributed by atoms with van der Waals surface area (Å²) in [6, 6.07) is 4.91. The standard InChI is InChI=1S/C21H18BrF5N2O2/c22-19-13(2-1-3-14(19)24)20(30)29-15-6-4-11(16(29)9-23)8-17(15)31-18-7-5-12(10-28-18)21(25,26)27/h1-3,5,7,10-11,15-17H,4,6,8-9H2/t11-,15+,16-,17-/m1/s1. The highest BCUT2D eigenvalue weighted by Gasteiger charge is 2.50. The monoisotopic (exact) mass is 504 g/mol. The van der Waals surface area contributed by atoms with Crippen LogP contribution in [0.1, 0.15) is 35.2 Å².